The molecule has 0 bridgehead atoms. The molecule has 3 heterocycles. The summed E-state index contributed by atoms with van der Waals surface area (Å²) < 4.78 is 1.93. The van der Waals surface area contributed by atoms with Gasteiger partial charge in [0.05, 0.1) is 17.3 Å². The largest absolute Gasteiger partial charge is 0.353 e. The van der Waals surface area contributed by atoms with Crippen LogP contribution in [0.15, 0.2) is 61.1 Å². The summed E-state index contributed by atoms with van der Waals surface area (Å²) in [5.74, 6) is 0.982. The summed E-state index contributed by atoms with van der Waals surface area (Å²) in [6, 6.07) is 17.1. The highest BCUT2D eigenvalue weighted by molar-refractivity contribution is 5.87. The predicted molar refractivity (Wildman–Crippen MR) is 120 cm³/mol. The van der Waals surface area contributed by atoms with Crippen molar-refractivity contribution in [3.05, 3.63) is 77.7 Å². The highest BCUT2D eigenvalue weighted by atomic mass is 15.3. The van der Waals surface area contributed by atoms with Crippen LogP contribution in [0.1, 0.15) is 16.7 Å². The van der Waals surface area contributed by atoms with Gasteiger partial charge >= 0.3 is 0 Å². The lowest BCUT2D eigenvalue weighted by atomic mass is 10.1. The molecular weight excluding hydrogens is 372 g/mol. The molecule has 2 aromatic heterocycles. The molecule has 6 nitrogen and oxygen atoms in total. The SMILES string of the molecule is Cc1ccc(-n2ncc3c(N4CCN(Cc5ccccc5)CC4)ncnc32)c(C)c1. The van der Waals surface area contributed by atoms with E-state index in [2.05, 4.69) is 87.2 Å². The fourth-order valence-corrected chi connectivity index (χ4v) is 4.26. The highest BCUT2D eigenvalue weighted by Gasteiger charge is 2.22. The van der Waals surface area contributed by atoms with Crippen LogP contribution in [0.3, 0.4) is 0 Å². The zero-order chi connectivity index (χ0) is 20.5. The lowest BCUT2D eigenvalue weighted by Gasteiger charge is -2.35. The van der Waals surface area contributed by atoms with Crippen LogP contribution in [-0.2, 0) is 6.54 Å². The predicted octanol–water partition coefficient (Wildman–Crippen LogP) is 3.75. The molecule has 1 aliphatic rings. The molecule has 0 N–H and O–H groups in total. The number of fused-ring (bicyclic) bond motifs is 1. The standard InChI is InChI=1S/C24H26N6/c1-18-8-9-22(19(2)14-18)30-24-21(15-27-30)23(25-17-26-24)29-12-10-28(11-13-29)16-20-6-4-3-5-7-20/h3-9,14-15,17H,10-13,16H2,1-2H3. The molecule has 0 spiro atoms. The van der Waals surface area contributed by atoms with Crippen molar-refractivity contribution in [3.63, 3.8) is 0 Å². The number of rotatable bonds is 4. The second kappa shape index (κ2) is 7.88. The Bertz CT molecular complexity index is 1160. The molecule has 1 fully saturated rings. The lowest BCUT2D eigenvalue weighted by molar-refractivity contribution is 0.249. The molecule has 0 unspecified atom stereocenters. The maximum Gasteiger partial charge on any atom is 0.168 e. The van der Waals surface area contributed by atoms with Crippen molar-refractivity contribution < 1.29 is 0 Å². The number of anilines is 1. The van der Waals surface area contributed by atoms with E-state index in [1.54, 1.807) is 6.33 Å². The summed E-state index contributed by atoms with van der Waals surface area (Å²) >= 11 is 0. The van der Waals surface area contributed by atoms with Crippen LogP contribution in [0.5, 0.6) is 0 Å². The first-order valence-corrected chi connectivity index (χ1v) is 10.5. The summed E-state index contributed by atoms with van der Waals surface area (Å²) in [4.78, 5) is 14.0. The van der Waals surface area contributed by atoms with Gasteiger partial charge in [-0.15, -0.1) is 0 Å². The molecule has 152 valence electrons. The lowest BCUT2D eigenvalue weighted by Crippen LogP contribution is -2.46. The van der Waals surface area contributed by atoms with Gasteiger partial charge in [0, 0.05) is 32.7 Å². The molecule has 2 aromatic carbocycles. The first-order valence-electron chi connectivity index (χ1n) is 10.5. The van der Waals surface area contributed by atoms with Crippen molar-refractivity contribution in [1.29, 1.82) is 0 Å². The van der Waals surface area contributed by atoms with Crippen molar-refractivity contribution in [1.82, 2.24) is 24.6 Å². The molecule has 0 amide bonds. The molecule has 4 aromatic rings. The minimum atomic E-state index is 0.860. The van der Waals surface area contributed by atoms with Crippen LogP contribution in [0.25, 0.3) is 16.7 Å². The molecule has 0 atom stereocenters. The number of aromatic nitrogens is 4. The number of piperazine rings is 1. The number of aryl methyl sites for hydroxylation is 2. The van der Waals surface area contributed by atoms with E-state index < -0.39 is 0 Å². The molecule has 1 aliphatic heterocycles. The summed E-state index contributed by atoms with van der Waals surface area (Å²) in [5, 5.41) is 5.67. The van der Waals surface area contributed by atoms with Crippen LogP contribution in [0.2, 0.25) is 0 Å². The third-order valence-corrected chi connectivity index (χ3v) is 5.85. The van der Waals surface area contributed by atoms with Gasteiger partial charge in [-0.3, -0.25) is 4.90 Å². The summed E-state index contributed by atoms with van der Waals surface area (Å²) in [7, 11) is 0. The summed E-state index contributed by atoms with van der Waals surface area (Å²) in [6.07, 6.45) is 3.57. The topological polar surface area (TPSA) is 50.1 Å². The van der Waals surface area contributed by atoms with Gasteiger partial charge in [0.1, 0.15) is 12.1 Å². The Morgan fingerprint density at radius 3 is 2.47 bits per heavy atom. The Morgan fingerprint density at radius 2 is 1.70 bits per heavy atom. The van der Waals surface area contributed by atoms with Gasteiger partial charge in [-0.2, -0.15) is 5.10 Å². The number of hydrogen-bond donors (Lipinski definition) is 0. The number of benzene rings is 2. The highest BCUT2D eigenvalue weighted by Crippen LogP contribution is 2.27. The summed E-state index contributed by atoms with van der Waals surface area (Å²) in [5.41, 5.74) is 5.72. The monoisotopic (exact) mass is 398 g/mol. The fraction of sp³-hybridized carbons (Fsp3) is 0.292. The zero-order valence-electron chi connectivity index (χ0n) is 17.5. The van der Waals surface area contributed by atoms with E-state index in [4.69, 9.17) is 0 Å². The fourth-order valence-electron chi connectivity index (χ4n) is 4.26. The smallest absolute Gasteiger partial charge is 0.168 e. The Labute approximate surface area is 176 Å². The van der Waals surface area contributed by atoms with Gasteiger partial charge < -0.3 is 4.90 Å². The van der Waals surface area contributed by atoms with Gasteiger partial charge in [0.2, 0.25) is 0 Å². The first-order chi connectivity index (χ1) is 14.7. The molecule has 5 rings (SSSR count). The number of hydrogen-bond acceptors (Lipinski definition) is 5. The molecule has 30 heavy (non-hydrogen) atoms. The second-order valence-electron chi connectivity index (χ2n) is 8.03. The van der Waals surface area contributed by atoms with Crippen LogP contribution >= 0.6 is 0 Å². The van der Waals surface area contributed by atoms with Crippen molar-refractivity contribution in [2.45, 2.75) is 20.4 Å². The van der Waals surface area contributed by atoms with Crippen molar-refractivity contribution in [3.8, 4) is 5.69 Å². The quantitative estimate of drug-likeness (QED) is 0.524. The van der Waals surface area contributed by atoms with E-state index in [1.807, 2.05) is 10.9 Å². The maximum absolute atomic E-state index is 4.66. The first kappa shape index (κ1) is 18.8. The van der Waals surface area contributed by atoms with E-state index in [0.717, 1.165) is 55.3 Å². The average Bonchev–Trinajstić information content (AvgIpc) is 3.19. The minimum absolute atomic E-state index is 0.860. The third-order valence-electron chi connectivity index (χ3n) is 5.85. The van der Waals surface area contributed by atoms with E-state index in [1.165, 1.54) is 16.7 Å². The van der Waals surface area contributed by atoms with E-state index >= 15 is 0 Å². The van der Waals surface area contributed by atoms with Gasteiger partial charge in [0.25, 0.3) is 0 Å². The van der Waals surface area contributed by atoms with Crippen LogP contribution < -0.4 is 4.90 Å². The van der Waals surface area contributed by atoms with Gasteiger partial charge in [-0.1, -0.05) is 48.0 Å². The van der Waals surface area contributed by atoms with E-state index in [-0.39, 0.29) is 0 Å². The zero-order valence-corrected chi connectivity index (χ0v) is 17.5. The van der Waals surface area contributed by atoms with Gasteiger partial charge in [0.15, 0.2) is 5.65 Å². The average molecular weight is 399 g/mol. The molecule has 1 saturated heterocycles. The molecule has 0 radical (unpaired) electrons. The summed E-state index contributed by atoms with van der Waals surface area (Å²) in [6.45, 7) is 9.16. The van der Waals surface area contributed by atoms with Crippen LogP contribution in [0.4, 0.5) is 5.82 Å². The maximum atomic E-state index is 4.66. The molecule has 6 heteroatoms. The van der Waals surface area contributed by atoms with Gasteiger partial charge in [-0.25, -0.2) is 14.6 Å². The second-order valence-corrected chi connectivity index (χ2v) is 8.03. The molecular formula is C24H26N6. The van der Waals surface area contributed by atoms with Crippen molar-refractivity contribution >= 4 is 16.9 Å². The number of nitrogens with zero attached hydrogens (tertiary/aromatic N) is 6. The molecule has 0 aliphatic carbocycles. The Balaban J connectivity index is 1.38. The third kappa shape index (κ3) is 3.55. The normalized spacial score (nSPS) is 15.1. The van der Waals surface area contributed by atoms with E-state index in [0.29, 0.717) is 0 Å². The van der Waals surface area contributed by atoms with Crippen LogP contribution in [0, 0.1) is 13.8 Å². The Morgan fingerprint density at radius 1 is 0.900 bits per heavy atom. The molecule has 0 saturated carbocycles. The van der Waals surface area contributed by atoms with Gasteiger partial charge in [-0.05, 0) is 31.0 Å². The van der Waals surface area contributed by atoms with Crippen LogP contribution in [-0.4, -0.2) is 50.8 Å². The minimum Gasteiger partial charge on any atom is -0.353 e. The van der Waals surface area contributed by atoms with Crippen molar-refractivity contribution in [2.24, 2.45) is 0 Å². The van der Waals surface area contributed by atoms with Crippen molar-refractivity contribution in [2.75, 3.05) is 31.1 Å². The Kier molecular flexibility index (Phi) is 4.93. The van der Waals surface area contributed by atoms with E-state index in [9.17, 15) is 0 Å². The Hall–Kier alpha value is -3.25.